The fourth-order valence-electron chi connectivity index (χ4n) is 1.81. The maximum Gasteiger partial charge on any atom is 0.277 e. The summed E-state index contributed by atoms with van der Waals surface area (Å²) in [6.07, 6.45) is 1.51. The molecule has 0 fully saturated rings. The molecule has 25 heavy (non-hydrogen) atoms. The van der Waals surface area contributed by atoms with Crippen LogP contribution in [-0.4, -0.2) is 29.5 Å². The summed E-state index contributed by atoms with van der Waals surface area (Å²) in [5, 5.41) is 11.1. The van der Waals surface area contributed by atoms with Gasteiger partial charge in [-0.1, -0.05) is 0 Å². The van der Waals surface area contributed by atoms with Crippen LogP contribution in [0.15, 0.2) is 49.8 Å². The molecule has 1 amide bonds. The van der Waals surface area contributed by atoms with Gasteiger partial charge in [0.15, 0.2) is 10.8 Å². The zero-order valence-electron chi connectivity index (χ0n) is 12.2. The van der Waals surface area contributed by atoms with Crippen LogP contribution in [0.1, 0.15) is 10.5 Å². The molecule has 0 atom stereocenters. The standard InChI is InChI=1S/C13H9Br2N5O3S2/c14-9-10(18-19-11(9)15)12(21)17-7-1-3-8(4-2-7)25(22,23)20-13-16-5-6-24-13/h1-6H,(H,16,20)(H,17,21)(H,18,19). The average molecular weight is 507 g/mol. The number of halogens is 2. The highest BCUT2D eigenvalue weighted by molar-refractivity contribution is 9.13. The van der Waals surface area contributed by atoms with Gasteiger partial charge in [-0.2, -0.15) is 5.10 Å². The van der Waals surface area contributed by atoms with E-state index in [4.69, 9.17) is 0 Å². The first kappa shape index (κ1) is 18.0. The Morgan fingerprint density at radius 3 is 2.48 bits per heavy atom. The average Bonchev–Trinajstić information content (AvgIpc) is 3.18. The van der Waals surface area contributed by atoms with Gasteiger partial charge in [-0.05, 0) is 56.1 Å². The summed E-state index contributed by atoms with van der Waals surface area (Å²) in [6.45, 7) is 0. The van der Waals surface area contributed by atoms with Crippen molar-refractivity contribution in [1.82, 2.24) is 15.2 Å². The number of anilines is 2. The van der Waals surface area contributed by atoms with E-state index in [0.29, 0.717) is 14.8 Å². The summed E-state index contributed by atoms with van der Waals surface area (Å²) in [4.78, 5) is 16.1. The van der Waals surface area contributed by atoms with Crippen molar-refractivity contribution in [3.05, 3.63) is 50.6 Å². The van der Waals surface area contributed by atoms with Gasteiger partial charge >= 0.3 is 0 Å². The molecule has 0 saturated heterocycles. The topological polar surface area (TPSA) is 117 Å². The summed E-state index contributed by atoms with van der Waals surface area (Å²) in [7, 11) is -3.73. The molecule has 0 bridgehead atoms. The van der Waals surface area contributed by atoms with Crippen molar-refractivity contribution in [2.45, 2.75) is 4.90 Å². The van der Waals surface area contributed by atoms with Gasteiger partial charge in [-0.25, -0.2) is 13.4 Å². The number of aromatic amines is 1. The molecule has 0 aliphatic heterocycles. The Bertz CT molecular complexity index is 1000. The summed E-state index contributed by atoms with van der Waals surface area (Å²) >= 11 is 7.62. The largest absolute Gasteiger partial charge is 0.321 e. The third-order valence-corrected chi connectivity index (χ3v) is 7.01. The lowest BCUT2D eigenvalue weighted by Crippen LogP contribution is -2.14. The molecule has 0 unspecified atom stereocenters. The van der Waals surface area contributed by atoms with Crippen molar-refractivity contribution in [2.75, 3.05) is 10.0 Å². The number of aromatic nitrogens is 3. The van der Waals surface area contributed by atoms with Crippen LogP contribution in [0, 0.1) is 0 Å². The molecule has 3 N–H and O–H groups in total. The number of rotatable bonds is 5. The molecule has 2 heterocycles. The molecule has 0 saturated carbocycles. The lowest BCUT2D eigenvalue weighted by atomic mass is 10.3. The van der Waals surface area contributed by atoms with E-state index in [9.17, 15) is 13.2 Å². The maximum absolute atomic E-state index is 12.2. The maximum atomic E-state index is 12.2. The molecule has 3 aromatic rings. The van der Waals surface area contributed by atoms with Crippen LogP contribution in [0.4, 0.5) is 10.8 Å². The predicted octanol–water partition coefficient (Wildman–Crippen LogP) is 3.44. The number of hydrogen-bond acceptors (Lipinski definition) is 6. The molecule has 3 rings (SSSR count). The molecule has 0 spiro atoms. The van der Waals surface area contributed by atoms with E-state index in [2.05, 4.69) is 57.1 Å². The number of carbonyl (C=O) groups excluding carboxylic acids is 1. The molecule has 130 valence electrons. The fourth-order valence-corrected chi connectivity index (χ4v) is 4.24. The first-order chi connectivity index (χ1) is 11.9. The number of hydrogen-bond donors (Lipinski definition) is 3. The highest BCUT2D eigenvalue weighted by Gasteiger charge is 2.18. The molecule has 12 heteroatoms. The number of thiazole rings is 1. The van der Waals surface area contributed by atoms with E-state index in [1.54, 1.807) is 5.38 Å². The minimum atomic E-state index is -3.73. The zero-order valence-corrected chi connectivity index (χ0v) is 17.0. The molecule has 8 nitrogen and oxygen atoms in total. The summed E-state index contributed by atoms with van der Waals surface area (Å²) in [5.74, 6) is -0.439. The molecule has 1 aromatic carbocycles. The van der Waals surface area contributed by atoms with Gasteiger partial charge in [-0.3, -0.25) is 14.6 Å². The number of carbonyl (C=O) groups is 1. The van der Waals surface area contributed by atoms with E-state index in [0.717, 1.165) is 0 Å². The van der Waals surface area contributed by atoms with Gasteiger partial charge in [0.05, 0.1) is 9.37 Å². The second-order valence-corrected chi connectivity index (χ2v) is 8.78. The monoisotopic (exact) mass is 505 g/mol. The second-order valence-electron chi connectivity index (χ2n) is 4.62. The van der Waals surface area contributed by atoms with Crippen LogP contribution in [0.3, 0.4) is 0 Å². The smallest absolute Gasteiger partial charge is 0.277 e. The summed E-state index contributed by atoms with van der Waals surface area (Å²) in [6, 6.07) is 5.76. The number of sulfonamides is 1. The van der Waals surface area contributed by atoms with Crippen LogP contribution >= 0.6 is 43.2 Å². The molecule has 0 aliphatic carbocycles. The molecule has 0 radical (unpaired) electrons. The van der Waals surface area contributed by atoms with Crippen molar-refractivity contribution in [2.24, 2.45) is 0 Å². The highest BCUT2D eigenvalue weighted by Crippen LogP contribution is 2.25. The Balaban J connectivity index is 1.74. The summed E-state index contributed by atoms with van der Waals surface area (Å²) < 4.78 is 27.9. The Morgan fingerprint density at radius 1 is 1.20 bits per heavy atom. The zero-order chi connectivity index (χ0) is 18.0. The third kappa shape index (κ3) is 4.08. The molecular formula is C13H9Br2N5O3S2. The lowest BCUT2D eigenvalue weighted by molar-refractivity contribution is 0.102. The van der Waals surface area contributed by atoms with Crippen molar-refractivity contribution >= 4 is 69.9 Å². The Hall–Kier alpha value is -1.76. The van der Waals surface area contributed by atoms with Gasteiger partial charge in [0.2, 0.25) is 0 Å². The van der Waals surface area contributed by atoms with E-state index in [1.165, 1.54) is 41.8 Å². The van der Waals surface area contributed by atoms with E-state index < -0.39 is 15.9 Å². The van der Waals surface area contributed by atoms with Gasteiger partial charge in [0.25, 0.3) is 15.9 Å². The van der Waals surface area contributed by atoms with Crippen LogP contribution in [0.25, 0.3) is 0 Å². The molecule has 2 aromatic heterocycles. The lowest BCUT2D eigenvalue weighted by Gasteiger charge is -2.07. The van der Waals surface area contributed by atoms with Crippen LogP contribution in [0.5, 0.6) is 0 Å². The predicted molar refractivity (Wildman–Crippen MR) is 101 cm³/mol. The van der Waals surface area contributed by atoms with Crippen molar-refractivity contribution < 1.29 is 13.2 Å². The molecule has 0 aliphatic rings. The first-order valence-electron chi connectivity index (χ1n) is 6.60. The molecular weight excluding hydrogens is 498 g/mol. The number of nitrogens with zero attached hydrogens (tertiary/aromatic N) is 2. The van der Waals surface area contributed by atoms with E-state index >= 15 is 0 Å². The number of nitrogens with one attached hydrogen (secondary N) is 3. The van der Waals surface area contributed by atoms with Gasteiger partial charge in [0.1, 0.15) is 4.60 Å². The first-order valence-corrected chi connectivity index (χ1v) is 10.5. The van der Waals surface area contributed by atoms with Gasteiger partial charge in [-0.15, -0.1) is 11.3 Å². The normalized spacial score (nSPS) is 11.3. The third-order valence-electron chi connectivity index (χ3n) is 2.96. The Kier molecular flexibility index (Phi) is 5.22. The summed E-state index contributed by atoms with van der Waals surface area (Å²) in [5.41, 5.74) is 0.609. The van der Waals surface area contributed by atoms with Crippen molar-refractivity contribution in [3.63, 3.8) is 0 Å². The van der Waals surface area contributed by atoms with Crippen LogP contribution in [-0.2, 0) is 10.0 Å². The quantitative estimate of drug-likeness (QED) is 0.490. The Morgan fingerprint density at radius 2 is 1.92 bits per heavy atom. The number of benzene rings is 1. The van der Waals surface area contributed by atoms with E-state index in [1.807, 2.05) is 0 Å². The Labute approximate surface area is 163 Å². The minimum Gasteiger partial charge on any atom is -0.321 e. The van der Waals surface area contributed by atoms with Crippen LogP contribution < -0.4 is 10.0 Å². The number of H-pyrrole nitrogens is 1. The van der Waals surface area contributed by atoms with E-state index in [-0.39, 0.29) is 15.7 Å². The highest BCUT2D eigenvalue weighted by atomic mass is 79.9. The second kappa shape index (κ2) is 7.23. The SMILES string of the molecule is O=C(Nc1ccc(S(=O)(=O)Nc2nccs2)cc1)c1n[nH]c(Br)c1Br. The van der Waals surface area contributed by atoms with Crippen molar-refractivity contribution in [1.29, 1.82) is 0 Å². The number of amides is 1. The fraction of sp³-hybridized carbons (Fsp3) is 0. The minimum absolute atomic E-state index is 0.0596. The van der Waals surface area contributed by atoms with Crippen molar-refractivity contribution in [3.8, 4) is 0 Å². The van der Waals surface area contributed by atoms with Gasteiger partial charge in [0, 0.05) is 17.3 Å². The van der Waals surface area contributed by atoms with Gasteiger partial charge < -0.3 is 5.32 Å². The van der Waals surface area contributed by atoms with Crippen LogP contribution in [0.2, 0.25) is 0 Å².